The number of hydrogen-bond donors (Lipinski definition) is 1. The van der Waals surface area contributed by atoms with Gasteiger partial charge in [0.2, 0.25) is 0 Å². The highest BCUT2D eigenvalue weighted by Gasteiger charge is 2.32. The van der Waals surface area contributed by atoms with Crippen LogP contribution in [0.2, 0.25) is 0 Å². The van der Waals surface area contributed by atoms with Crippen LogP contribution in [-0.4, -0.2) is 42.0 Å². The molecule has 1 saturated carbocycles. The largest absolute Gasteiger partial charge is 0.348 e. The molecule has 0 radical (unpaired) electrons. The minimum absolute atomic E-state index is 0.265. The lowest BCUT2D eigenvalue weighted by molar-refractivity contribution is -0.0702. The maximum Gasteiger partial charge on any atom is 0.177 e. The minimum Gasteiger partial charge on any atom is -0.348 e. The predicted molar refractivity (Wildman–Crippen MR) is 102 cm³/mol. The van der Waals surface area contributed by atoms with Crippen molar-refractivity contribution in [1.82, 2.24) is 4.98 Å². The van der Waals surface area contributed by atoms with Crippen LogP contribution in [-0.2, 0) is 15.9 Å². The van der Waals surface area contributed by atoms with E-state index in [9.17, 15) is 0 Å². The van der Waals surface area contributed by atoms with Crippen LogP contribution in [0, 0.1) is 17.8 Å². The van der Waals surface area contributed by atoms with E-state index in [2.05, 4.69) is 39.9 Å². The number of aromatic nitrogens is 1. The van der Waals surface area contributed by atoms with Crippen LogP contribution < -0.4 is 5.84 Å². The summed E-state index contributed by atoms with van der Waals surface area (Å²) in [7, 11) is 0. The molecule has 2 heterocycles. The van der Waals surface area contributed by atoms with E-state index in [-0.39, 0.29) is 11.9 Å². The van der Waals surface area contributed by atoms with E-state index in [1.165, 1.54) is 12.8 Å². The molecule has 6 nitrogen and oxygen atoms in total. The third-order valence-electron chi connectivity index (χ3n) is 4.26. The van der Waals surface area contributed by atoms with Gasteiger partial charge in [0, 0.05) is 17.7 Å². The Balaban J connectivity index is 1.69. The highest BCUT2D eigenvalue weighted by Crippen LogP contribution is 2.27. The zero-order valence-corrected chi connectivity index (χ0v) is 15.7. The van der Waals surface area contributed by atoms with Crippen LogP contribution in [0.1, 0.15) is 50.4 Å². The lowest BCUT2D eigenvalue weighted by Gasteiger charge is -2.14. The quantitative estimate of drug-likeness (QED) is 0.381. The third-order valence-corrected chi connectivity index (χ3v) is 4.26. The molecule has 1 aromatic heterocycles. The predicted octanol–water partition coefficient (Wildman–Crippen LogP) is 2.29. The zero-order valence-electron chi connectivity index (χ0n) is 15.7. The Hall–Kier alpha value is -2.23. The van der Waals surface area contributed by atoms with Crippen molar-refractivity contribution >= 4 is 11.9 Å². The second-order valence-electron chi connectivity index (χ2n) is 7.26. The maximum atomic E-state index is 5.74. The molecule has 138 valence electrons. The zero-order chi connectivity index (χ0) is 18.6. The summed E-state index contributed by atoms with van der Waals surface area (Å²) in [6, 6.07) is 2.06. The van der Waals surface area contributed by atoms with Gasteiger partial charge in [0.25, 0.3) is 0 Å². The molecule has 2 fully saturated rings. The SMILES string of the molecule is CCc1cc(C#CC2CC2)cnc1/C(C=NCC1OCC(C)(C)O1)=N/N. The number of nitrogens with zero attached hydrogens (tertiary/aromatic N) is 3. The Kier molecular flexibility index (Phi) is 5.70. The molecule has 26 heavy (non-hydrogen) atoms. The van der Waals surface area contributed by atoms with Gasteiger partial charge in [-0.1, -0.05) is 18.8 Å². The van der Waals surface area contributed by atoms with Gasteiger partial charge < -0.3 is 15.3 Å². The first-order chi connectivity index (χ1) is 12.5. The third kappa shape index (κ3) is 4.90. The second-order valence-corrected chi connectivity index (χ2v) is 7.26. The average molecular weight is 354 g/mol. The molecule has 1 aliphatic carbocycles. The summed E-state index contributed by atoms with van der Waals surface area (Å²) in [5.41, 5.74) is 3.00. The maximum absolute atomic E-state index is 5.74. The van der Waals surface area contributed by atoms with Crippen molar-refractivity contribution in [1.29, 1.82) is 0 Å². The highest BCUT2D eigenvalue weighted by atomic mass is 16.7. The lowest BCUT2D eigenvalue weighted by atomic mass is 10.1. The molecule has 1 aromatic rings. The molecule has 0 aromatic carbocycles. The molecule has 1 atom stereocenters. The van der Waals surface area contributed by atoms with Crippen LogP contribution in [0.3, 0.4) is 0 Å². The monoisotopic (exact) mass is 354 g/mol. The summed E-state index contributed by atoms with van der Waals surface area (Å²) in [6.45, 7) is 7.03. The fourth-order valence-corrected chi connectivity index (χ4v) is 2.68. The highest BCUT2D eigenvalue weighted by molar-refractivity contribution is 6.37. The molecule has 1 saturated heterocycles. The molecule has 0 bridgehead atoms. The Morgan fingerprint density at radius 2 is 2.27 bits per heavy atom. The van der Waals surface area contributed by atoms with E-state index >= 15 is 0 Å². The van der Waals surface area contributed by atoms with Crippen molar-refractivity contribution in [3.63, 3.8) is 0 Å². The molecule has 2 N–H and O–H groups in total. The summed E-state index contributed by atoms with van der Waals surface area (Å²) in [4.78, 5) is 8.90. The molecule has 0 amide bonds. The number of pyridine rings is 1. The van der Waals surface area contributed by atoms with Crippen LogP contribution in [0.25, 0.3) is 0 Å². The number of hydrogen-bond acceptors (Lipinski definition) is 6. The van der Waals surface area contributed by atoms with E-state index < -0.39 is 0 Å². The normalized spacial score (nSPS) is 22.4. The molecule has 2 aliphatic rings. The van der Waals surface area contributed by atoms with Crippen molar-refractivity contribution in [2.24, 2.45) is 21.9 Å². The molecular formula is C20H26N4O2. The number of aliphatic imine (C=N–C) groups is 1. The summed E-state index contributed by atoms with van der Waals surface area (Å²) in [6.07, 6.45) is 6.32. The van der Waals surface area contributed by atoms with Crippen molar-refractivity contribution in [3.8, 4) is 11.8 Å². The van der Waals surface area contributed by atoms with Crippen LogP contribution >= 0.6 is 0 Å². The van der Waals surface area contributed by atoms with E-state index in [0.29, 0.717) is 24.8 Å². The first-order valence-corrected chi connectivity index (χ1v) is 9.08. The van der Waals surface area contributed by atoms with E-state index in [1.54, 1.807) is 12.4 Å². The molecule has 6 heteroatoms. The van der Waals surface area contributed by atoms with Gasteiger partial charge in [-0.05, 0) is 44.7 Å². The Morgan fingerprint density at radius 1 is 1.46 bits per heavy atom. The van der Waals surface area contributed by atoms with Crippen LogP contribution in [0.4, 0.5) is 0 Å². The summed E-state index contributed by atoms with van der Waals surface area (Å²) < 4.78 is 11.3. The standard InChI is InChI=1S/C20H26N4O2/c1-4-16-9-15(8-7-14-5-6-14)10-23-19(16)17(24-21)11-22-12-18-25-13-20(2,3)26-18/h9-11,14,18H,4-6,12-13,21H2,1-3H3/b22-11?,24-17+. The van der Waals surface area contributed by atoms with Gasteiger partial charge >= 0.3 is 0 Å². The van der Waals surface area contributed by atoms with Crippen molar-refractivity contribution < 1.29 is 9.47 Å². The van der Waals surface area contributed by atoms with Gasteiger partial charge in [-0.3, -0.25) is 9.98 Å². The van der Waals surface area contributed by atoms with Crippen LogP contribution in [0.5, 0.6) is 0 Å². The Bertz CT molecular complexity index is 770. The fourth-order valence-electron chi connectivity index (χ4n) is 2.68. The van der Waals surface area contributed by atoms with Gasteiger partial charge in [-0.15, -0.1) is 0 Å². The number of hydrazone groups is 1. The van der Waals surface area contributed by atoms with E-state index in [0.717, 1.165) is 23.2 Å². The minimum atomic E-state index is -0.334. The van der Waals surface area contributed by atoms with E-state index in [1.807, 2.05) is 13.8 Å². The number of aryl methyl sites for hydroxylation is 1. The van der Waals surface area contributed by atoms with Gasteiger partial charge in [0.05, 0.1) is 30.7 Å². The van der Waals surface area contributed by atoms with Gasteiger partial charge in [0.1, 0.15) is 5.71 Å². The smallest absolute Gasteiger partial charge is 0.177 e. The number of ether oxygens (including phenoxy) is 2. The van der Waals surface area contributed by atoms with Crippen molar-refractivity contribution in [2.45, 2.75) is 51.9 Å². The summed E-state index contributed by atoms with van der Waals surface area (Å²) in [5.74, 6) is 12.6. The average Bonchev–Trinajstić information content (AvgIpc) is 3.39. The lowest BCUT2D eigenvalue weighted by Crippen LogP contribution is -2.23. The van der Waals surface area contributed by atoms with Gasteiger partial charge in [-0.25, -0.2) is 0 Å². The van der Waals surface area contributed by atoms with Crippen molar-refractivity contribution in [2.75, 3.05) is 13.2 Å². The first-order valence-electron chi connectivity index (χ1n) is 9.08. The first kappa shape index (κ1) is 18.6. The summed E-state index contributed by atoms with van der Waals surface area (Å²) in [5, 5.41) is 3.86. The Morgan fingerprint density at radius 3 is 2.88 bits per heavy atom. The molecular weight excluding hydrogens is 328 g/mol. The van der Waals surface area contributed by atoms with Gasteiger partial charge in [0.15, 0.2) is 6.29 Å². The van der Waals surface area contributed by atoms with Crippen LogP contribution in [0.15, 0.2) is 22.4 Å². The summed E-state index contributed by atoms with van der Waals surface area (Å²) >= 11 is 0. The topological polar surface area (TPSA) is 82.1 Å². The van der Waals surface area contributed by atoms with Gasteiger partial charge in [-0.2, -0.15) is 5.10 Å². The number of rotatable bonds is 5. The second kappa shape index (κ2) is 7.98. The molecule has 3 rings (SSSR count). The molecule has 0 spiro atoms. The van der Waals surface area contributed by atoms with Crippen molar-refractivity contribution in [3.05, 3.63) is 29.1 Å². The molecule has 1 unspecified atom stereocenters. The fraction of sp³-hybridized carbons (Fsp3) is 0.550. The molecule has 1 aliphatic heterocycles. The number of nitrogens with two attached hydrogens (primary N) is 1. The Labute approximate surface area is 154 Å². The van der Waals surface area contributed by atoms with E-state index in [4.69, 9.17) is 15.3 Å².